The lowest BCUT2D eigenvalue weighted by molar-refractivity contribution is 0.414. The molecule has 1 saturated heterocycles. The number of hydrogen-bond acceptors (Lipinski definition) is 4. The molecule has 5 nitrogen and oxygen atoms in total. The summed E-state index contributed by atoms with van der Waals surface area (Å²) in [6, 6.07) is 6.38. The Hall–Kier alpha value is -0.820. The highest BCUT2D eigenvalue weighted by molar-refractivity contribution is 7.89. The summed E-state index contributed by atoms with van der Waals surface area (Å²) in [5, 5.41) is 3.18. The molecule has 0 saturated carbocycles. The number of ether oxygens (including phenoxy) is 1. The maximum Gasteiger partial charge on any atom is 0.240 e. The zero-order valence-corrected chi connectivity index (χ0v) is 12.4. The highest BCUT2D eigenvalue weighted by Gasteiger charge is 2.21. The first kappa shape index (κ1) is 16.2. The SMILES string of the molecule is COc1ccc(S(=O)(=O)N[C@H]2CCCNC2)cc1.Cl. The molecule has 19 heavy (non-hydrogen) atoms. The van der Waals surface area contributed by atoms with Crippen molar-refractivity contribution in [2.75, 3.05) is 20.2 Å². The number of benzene rings is 1. The summed E-state index contributed by atoms with van der Waals surface area (Å²) >= 11 is 0. The van der Waals surface area contributed by atoms with E-state index in [0.29, 0.717) is 12.3 Å². The van der Waals surface area contributed by atoms with Gasteiger partial charge in [0.1, 0.15) is 5.75 Å². The van der Waals surface area contributed by atoms with E-state index in [2.05, 4.69) is 10.0 Å². The second kappa shape index (κ2) is 7.09. The highest BCUT2D eigenvalue weighted by atomic mass is 35.5. The van der Waals surface area contributed by atoms with Gasteiger partial charge in [-0.05, 0) is 43.7 Å². The topological polar surface area (TPSA) is 67.4 Å². The standard InChI is InChI=1S/C12H18N2O3S.ClH/c1-17-11-4-6-12(7-5-11)18(15,16)14-10-3-2-8-13-9-10;/h4-7,10,13-14H,2-3,8-9H2,1H3;1H/t10-;/m0./s1. The Morgan fingerprint density at radius 3 is 2.53 bits per heavy atom. The fraction of sp³-hybridized carbons (Fsp3) is 0.500. The lowest BCUT2D eigenvalue weighted by Crippen LogP contribution is -2.45. The Bertz CT molecular complexity index is 484. The van der Waals surface area contributed by atoms with E-state index in [-0.39, 0.29) is 23.3 Å². The molecule has 1 atom stereocenters. The van der Waals surface area contributed by atoms with Gasteiger partial charge < -0.3 is 10.1 Å². The van der Waals surface area contributed by atoms with Crippen LogP contribution in [0, 0.1) is 0 Å². The Kier molecular flexibility index (Phi) is 6.06. The number of hydrogen-bond donors (Lipinski definition) is 2. The lowest BCUT2D eigenvalue weighted by Gasteiger charge is -2.23. The minimum atomic E-state index is -3.43. The summed E-state index contributed by atoms with van der Waals surface area (Å²) in [6.45, 7) is 1.65. The average molecular weight is 307 g/mol. The van der Waals surface area contributed by atoms with Crippen LogP contribution in [0.2, 0.25) is 0 Å². The van der Waals surface area contributed by atoms with Crippen molar-refractivity contribution in [2.24, 2.45) is 0 Å². The van der Waals surface area contributed by atoms with Crippen molar-refractivity contribution in [1.29, 1.82) is 0 Å². The van der Waals surface area contributed by atoms with Gasteiger partial charge in [-0.15, -0.1) is 12.4 Å². The van der Waals surface area contributed by atoms with E-state index in [0.717, 1.165) is 19.4 Å². The van der Waals surface area contributed by atoms with Gasteiger partial charge in [-0.2, -0.15) is 0 Å². The molecule has 0 spiro atoms. The monoisotopic (exact) mass is 306 g/mol. The van der Waals surface area contributed by atoms with E-state index >= 15 is 0 Å². The van der Waals surface area contributed by atoms with Crippen LogP contribution >= 0.6 is 12.4 Å². The third-order valence-electron chi connectivity index (χ3n) is 2.99. The number of piperidine rings is 1. The molecule has 108 valence electrons. The van der Waals surface area contributed by atoms with Crippen LogP contribution in [-0.4, -0.2) is 34.7 Å². The van der Waals surface area contributed by atoms with Crippen LogP contribution in [0.5, 0.6) is 5.75 Å². The van der Waals surface area contributed by atoms with Gasteiger partial charge >= 0.3 is 0 Å². The molecule has 0 radical (unpaired) electrons. The molecule has 1 aliphatic rings. The number of rotatable bonds is 4. The lowest BCUT2D eigenvalue weighted by atomic mass is 10.1. The number of nitrogens with one attached hydrogen (secondary N) is 2. The molecule has 2 N–H and O–H groups in total. The molecule has 2 rings (SSSR count). The normalized spacial score (nSPS) is 19.5. The van der Waals surface area contributed by atoms with Gasteiger partial charge in [-0.1, -0.05) is 0 Å². The minimum absolute atomic E-state index is 0. The second-order valence-corrected chi connectivity index (χ2v) is 6.05. The van der Waals surface area contributed by atoms with Gasteiger partial charge in [0.2, 0.25) is 10.0 Å². The van der Waals surface area contributed by atoms with Crippen LogP contribution in [-0.2, 0) is 10.0 Å². The number of sulfonamides is 1. The largest absolute Gasteiger partial charge is 0.497 e. The second-order valence-electron chi connectivity index (χ2n) is 4.34. The summed E-state index contributed by atoms with van der Waals surface area (Å²) in [4.78, 5) is 0.272. The van der Waals surface area contributed by atoms with E-state index in [1.165, 1.54) is 0 Å². The molecule has 0 unspecified atom stereocenters. The molecule has 1 fully saturated rings. The van der Waals surface area contributed by atoms with Gasteiger partial charge in [0.25, 0.3) is 0 Å². The molecule has 0 amide bonds. The molecule has 0 bridgehead atoms. The Morgan fingerprint density at radius 2 is 2.00 bits per heavy atom. The number of methoxy groups -OCH3 is 1. The van der Waals surface area contributed by atoms with Gasteiger partial charge in [-0.3, -0.25) is 0 Å². The molecular formula is C12H19ClN2O3S. The molecule has 1 aromatic rings. The first-order valence-electron chi connectivity index (χ1n) is 5.99. The van der Waals surface area contributed by atoms with Gasteiger partial charge in [-0.25, -0.2) is 13.1 Å². The molecule has 7 heteroatoms. The van der Waals surface area contributed by atoms with E-state index in [1.807, 2.05) is 0 Å². The third kappa shape index (κ3) is 4.35. The van der Waals surface area contributed by atoms with Crippen molar-refractivity contribution in [3.63, 3.8) is 0 Å². The van der Waals surface area contributed by atoms with Crippen molar-refractivity contribution in [3.05, 3.63) is 24.3 Å². The molecule has 1 aliphatic heterocycles. The van der Waals surface area contributed by atoms with Crippen molar-refractivity contribution >= 4 is 22.4 Å². The summed E-state index contributed by atoms with van der Waals surface area (Å²) in [5.41, 5.74) is 0. The molecular weight excluding hydrogens is 288 g/mol. The summed E-state index contributed by atoms with van der Waals surface area (Å²) in [7, 11) is -1.88. The fourth-order valence-corrected chi connectivity index (χ4v) is 3.27. The molecule has 0 aromatic heterocycles. The van der Waals surface area contributed by atoms with E-state index in [4.69, 9.17) is 4.74 Å². The van der Waals surface area contributed by atoms with Crippen LogP contribution < -0.4 is 14.8 Å². The summed E-state index contributed by atoms with van der Waals surface area (Å²) < 4.78 is 32.0. The first-order chi connectivity index (χ1) is 8.62. The maximum absolute atomic E-state index is 12.1. The van der Waals surface area contributed by atoms with Gasteiger partial charge in [0.05, 0.1) is 12.0 Å². The van der Waals surface area contributed by atoms with E-state index in [9.17, 15) is 8.42 Å². The zero-order chi connectivity index (χ0) is 13.0. The Morgan fingerprint density at radius 1 is 1.32 bits per heavy atom. The third-order valence-corrected chi connectivity index (χ3v) is 4.52. The molecule has 0 aliphatic carbocycles. The number of halogens is 1. The van der Waals surface area contributed by atoms with Crippen molar-refractivity contribution in [3.8, 4) is 5.75 Å². The quantitative estimate of drug-likeness (QED) is 0.875. The van der Waals surface area contributed by atoms with Crippen LogP contribution in [0.25, 0.3) is 0 Å². The predicted octanol–water partition coefficient (Wildman–Crippen LogP) is 1.15. The smallest absolute Gasteiger partial charge is 0.240 e. The highest BCUT2D eigenvalue weighted by Crippen LogP contribution is 2.16. The average Bonchev–Trinajstić information content (AvgIpc) is 2.39. The molecule has 1 heterocycles. The van der Waals surface area contributed by atoms with Crippen molar-refractivity contribution in [1.82, 2.24) is 10.0 Å². The van der Waals surface area contributed by atoms with E-state index < -0.39 is 10.0 Å². The maximum atomic E-state index is 12.1. The van der Waals surface area contributed by atoms with Gasteiger partial charge in [0, 0.05) is 12.6 Å². The first-order valence-corrected chi connectivity index (χ1v) is 7.47. The van der Waals surface area contributed by atoms with E-state index in [1.54, 1.807) is 31.4 Å². The van der Waals surface area contributed by atoms with Crippen LogP contribution in [0.15, 0.2) is 29.2 Å². The van der Waals surface area contributed by atoms with Crippen LogP contribution in [0.4, 0.5) is 0 Å². The Labute approximate surface area is 120 Å². The van der Waals surface area contributed by atoms with Crippen molar-refractivity contribution in [2.45, 2.75) is 23.8 Å². The van der Waals surface area contributed by atoms with Crippen LogP contribution in [0.3, 0.4) is 0 Å². The fourth-order valence-electron chi connectivity index (χ4n) is 1.99. The predicted molar refractivity (Wildman–Crippen MR) is 76.5 cm³/mol. The van der Waals surface area contributed by atoms with Crippen molar-refractivity contribution < 1.29 is 13.2 Å². The van der Waals surface area contributed by atoms with Gasteiger partial charge in [0.15, 0.2) is 0 Å². The summed E-state index contributed by atoms with van der Waals surface area (Å²) in [5.74, 6) is 0.647. The summed E-state index contributed by atoms with van der Waals surface area (Å²) in [6.07, 6.45) is 1.87. The minimum Gasteiger partial charge on any atom is -0.497 e. The van der Waals surface area contributed by atoms with Crippen LogP contribution in [0.1, 0.15) is 12.8 Å². The zero-order valence-electron chi connectivity index (χ0n) is 10.8. The Balaban J connectivity index is 0.00000180. The molecule has 1 aromatic carbocycles.